The number of sulfone groups is 1. The largest absolute Gasteiger partial charge is 0.344 e. The second-order valence-electron chi connectivity index (χ2n) is 7.13. The minimum Gasteiger partial charge on any atom is -0.344 e. The summed E-state index contributed by atoms with van der Waals surface area (Å²) in [6.07, 6.45) is 0. The highest BCUT2D eigenvalue weighted by Gasteiger charge is 2.35. The molecule has 28 heavy (non-hydrogen) atoms. The molecule has 144 valence electrons. The lowest BCUT2D eigenvalue weighted by molar-refractivity contribution is 0.0940. The van der Waals surface area contributed by atoms with E-state index in [1.54, 1.807) is 36.4 Å². The molecule has 2 heterocycles. The second kappa shape index (κ2) is 6.91. The molecule has 1 amide bonds. The Balaban J connectivity index is 1.48. The lowest BCUT2D eigenvalue weighted by Crippen LogP contribution is -2.29. The molecular formula is C21H21N3O3S. The summed E-state index contributed by atoms with van der Waals surface area (Å²) < 4.78 is 26.5. The van der Waals surface area contributed by atoms with E-state index in [0.717, 1.165) is 17.0 Å². The third-order valence-corrected chi connectivity index (χ3v) is 6.79. The molecule has 1 unspecified atom stereocenters. The van der Waals surface area contributed by atoms with Crippen molar-refractivity contribution in [1.29, 1.82) is 0 Å². The first-order chi connectivity index (χ1) is 13.3. The minimum absolute atomic E-state index is 0.103. The smallest absolute Gasteiger partial charge is 0.251 e. The van der Waals surface area contributed by atoms with Gasteiger partial charge in [0.1, 0.15) is 0 Å². The first-order valence-corrected chi connectivity index (χ1v) is 10.7. The Morgan fingerprint density at radius 1 is 1.14 bits per heavy atom. The number of carbonyl (C=O) groups excluding carboxylic acids is 1. The van der Waals surface area contributed by atoms with Crippen molar-refractivity contribution in [2.45, 2.75) is 31.3 Å². The Labute approximate surface area is 164 Å². The maximum Gasteiger partial charge on any atom is 0.251 e. The number of rotatable bonds is 4. The third-order valence-electron chi connectivity index (χ3n) is 4.97. The predicted molar refractivity (Wildman–Crippen MR) is 106 cm³/mol. The van der Waals surface area contributed by atoms with E-state index < -0.39 is 15.9 Å². The van der Waals surface area contributed by atoms with Crippen LogP contribution in [-0.2, 0) is 16.4 Å². The molecule has 1 aromatic heterocycles. The number of nitrogens with zero attached hydrogens (tertiary/aromatic N) is 2. The molecule has 0 fully saturated rings. The Morgan fingerprint density at radius 2 is 1.86 bits per heavy atom. The molecule has 0 saturated heterocycles. The van der Waals surface area contributed by atoms with Gasteiger partial charge in [-0.05, 0) is 49.2 Å². The maximum absolute atomic E-state index is 12.6. The van der Waals surface area contributed by atoms with Crippen molar-refractivity contribution in [3.8, 4) is 0 Å². The molecule has 1 atom stereocenters. The molecule has 0 radical (unpaired) electrons. The van der Waals surface area contributed by atoms with Crippen molar-refractivity contribution in [3.05, 3.63) is 82.7 Å². The van der Waals surface area contributed by atoms with Gasteiger partial charge in [-0.25, -0.2) is 8.42 Å². The van der Waals surface area contributed by atoms with Crippen LogP contribution in [0.3, 0.4) is 0 Å². The van der Waals surface area contributed by atoms with E-state index in [2.05, 4.69) is 10.4 Å². The van der Waals surface area contributed by atoms with Gasteiger partial charge in [0.2, 0.25) is 0 Å². The van der Waals surface area contributed by atoms with Crippen molar-refractivity contribution in [1.82, 2.24) is 15.1 Å². The fourth-order valence-electron chi connectivity index (χ4n) is 3.58. The second-order valence-corrected chi connectivity index (χ2v) is 9.13. The van der Waals surface area contributed by atoms with Crippen molar-refractivity contribution < 1.29 is 13.2 Å². The van der Waals surface area contributed by atoms with Gasteiger partial charge < -0.3 is 5.32 Å². The van der Waals surface area contributed by atoms with E-state index in [-0.39, 0.29) is 11.7 Å². The van der Waals surface area contributed by atoms with E-state index in [0.29, 0.717) is 22.6 Å². The van der Waals surface area contributed by atoms with Crippen LogP contribution < -0.4 is 5.32 Å². The van der Waals surface area contributed by atoms with Gasteiger partial charge >= 0.3 is 0 Å². The normalized spacial score (nSPS) is 17.3. The quantitative estimate of drug-likeness (QED) is 0.737. The monoisotopic (exact) mass is 395 g/mol. The number of hydrogen-bond acceptors (Lipinski definition) is 4. The number of carbonyl (C=O) groups is 1. The van der Waals surface area contributed by atoms with Crippen LogP contribution in [0.15, 0.2) is 59.5 Å². The molecule has 0 spiro atoms. The van der Waals surface area contributed by atoms with Crippen molar-refractivity contribution >= 4 is 15.7 Å². The minimum atomic E-state index is -3.35. The van der Waals surface area contributed by atoms with Crippen LogP contribution >= 0.6 is 0 Å². The molecule has 0 saturated carbocycles. The van der Waals surface area contributed by atoms with Gasteiger partial charge in [-0.3, -0.25) is 9.48 Å². The van der Waals surface area contributed by atoms with Gasteiger partial charge in [0.05, 0.1) is 28.9 Å². The SMILES string of the molecule is Cc1cc(C)n(Cc2ccc(C(=O)NC3CS(=O)(=O)c4ccccc43)cc2)n1. The zero-order chi connectivity index (χ0) is 19.9. The molecular weight excluding hydrogens is 374 g/mol. The summed E-state index contributed by atoms with van der Waals surface area (Å²) in [5, 5.41) is 7.30. The molecule has 1 aliphatic heterocycles. The highest BCUT2D eigenvalue weighted by atomic mass is 32.2. The summed E-state index contributed by atoms with van der Waals surface area (Å²) in [5.74, 6) is -0.386. The summed E-state index contributed by atoms with van der Waals surface area (Å²) in [7, 11) is -3.35. The molecule has 4 rings (SSSR count). The summed E-state index contributed by atoms with van der Waals surface area (Å²) in [4.78, 5) is 12.9. The van der Waals surface area contributed by atoms with E-state index in [1.165, 1.54) is 0 Å². The highest BCUT2D eigenvalue weighted by molar-refractivity contribution is 7.91. The summed E-state index contributed by atoms with van der Waals surface area (Å²) >= 11 is 0. The molecule has 2 aromatic carbocycles. The Bertz CT molecular complexity index is 1150. The van der Waals surface area contributed by atoms with Gasteiger partial charge in [0, 0.05) is 11.3 Å². The maximum atomic E-state index is 12.6. The van der Waals surface area contributed by atoms with Crippen LogP contribution in [0.2, 0.25) is 0 Å². The molecule has 6 nitrogen and oxygen atoms in total. The van der Waals surface area contributed by atoms with E-state index in [4.69, 9.17) is 0 Å². The Hall–Kier alpha value is -2.93. The highest BCUT2D eigenvalue weighted by Crippen LogP contribution is 2.33. The van der Waals surface area contributed by atoms with Crippen molar-refractivity contribution in [2.24, 2.45) is 0 Å². The fourth-order valence-corrected chi connectivity index (χ4v) is 5.32. The van der Waals surface area contributed by atoms with Crippen molar-refractivity contribution in [3.63, 3.8) is 0 Å². The van der Waals surface area contributed by atoms with E-state index in [9.17, 15) is 13.2 Å². The average Bonchev–Trinajstić information content (AvgIpc) is 3.11. The van der Waals surface area contributed by atoms with Crippen LogP contribution in [0.25, 0.3) is 0 Å². The van der Waals surface area contributed by atoms with Gasteiger partial charge in [-0.15, -0.1) is 0 Å². The molecule has 7 heteroatoms. The van der Waals surface area contributed by atoms with Crippen LogP contribution in [-0.4, -0.2) is 29.9 Å². The summed E-state index contributed by atoms with van der Waals surface area (Å²) in [6.45, 7) is 4.60. The van der Waals surface area contributed by atoms with E-state index in [1.807, 2.05) is 36.7 Å². The Morgan fingerprint density at radius 3 is 2.54 bits per heavy atom. The zero-order valence-corrected chi connectivity index (χ0v) is 16.5. The average molecular weight is 395 g/mol. The van der Waals surface area contributed by atoms with Gasteiger partial charge in [-0.2, -0.15) is 5.10 Å². The molecule has 3 aromatic rings. The third kappa shape index (κ3) is 3.45. The van der Waals surface area contributed by atoms with Crippen LogP contribution in [0.4, 0.5) is 0 Å². The lowest BCUT2D eigenvalue weighted by atomic mass is 10.1. The number of aromatic nitrogens is 2. The van der Waals surface area contributed by atoms with Gasteiger partial charge in [-0.1, -0.05) is 30.3 Å². The fraction of sp³-hybridized carbons (Fsp3) is 0.238. The molecule has 0 bridgehead atoms. The summed E-state index contributed by atoms with van der Waals surface area (Å²) in [5.41, 5.74) is 4.24. The zero-order valence-electron chi connectivity index (χ0n) is 15.7. The predicted octanol–water partition coefficient (Wildman–Crippen LogP) is 2.81. The number of benzene rings is 2. The van der Waals surface area contributed by atoms with Gasteiger partial charge in [0.15, 0.2) is 9.84 Å². The molecule has 1 N–H and O–H groups in total. The summed E-state index contributed by atoms with van der Waals surface area (Å²) in [6, 6.07) is 15.6. The molecule has 1 aliphatic rings. The van der Waals surface area contributed by atoms with Crippen LogP contribution in [0, 0.1) is 13.8 Å². The number of amides is 1. The standard InChI is InChI=1S/C21H21N3O3S/c1-14-11-15(2)24(23-14)12-16-7-9-17(10-8-16)21(25)22-19-13-28(26,27)20-6-4-3-5-18(19)20/h3-11,19H,12-13H2,1-2H3,(H,22,25). The number of fused-ring (bicyclic) bond motifs is 1. The Kier molecular flexibility index (Phi) is 4.55. The van der Waals surface area contributed by atoms with E-state index >= 15 is 0 Å². The number of nitrogens with one attached hydrogen (secondary N) is 1. The van der Waals surface area contributed by atoms with Crippen molar-refractivity contribution in [2.75, 3.05) is 5.75 Å². The first-order valence-electron chi connectivity index (χ1n) is 9.06. The van der Waals surface area contributed by atoms with Gasteiger partial charge in [0.25, 0.3) is 5.91 Å². The number of hydrogen-bond donors (Lipinski definition) is 1. The molecule has 0 aliphatic carbocycles. The topological polar surface area (TPSA) is 81.1 Å². The number of aryl methyl sites for hydroxylation is 2. The van der Waals surface area contributed by atoms with Crippen LogP contribution in [0.5, 0.6) is 0 Å². The first kappa shape index (κ1) is 18.4. The lowest BCUT2D eigenvalue weighted by Gasteiger charge is -2.13. The van der Waals surface area contributed by atoms with Crippen LogP contribution in [0.1, 0.15) is 38.9 Å².